The monoisotopic (exact) mass is 632 g/mol. The van der Waals surface area contributed by atoms with Crippen molar-refractivity contribution in [2.24, 2.45) is 11.8 Å². The van der Waals surface area contributed by atoms with Crippen molar-refractivity contribution in [2.45, 2.75) is 60.7 Å². The molecule has 42 heavy (non-hydrogen) atoms. The van der Waals surface area contributed by atoms with E-state index in [0.717, 1.165) is 30.3 Å². The van der Waals surface area contributed by atoms with Gasteiger partial charge in [-0.2, -0.15) is 0 Å². The van der Waals surface area contributed by atoms with Crippen LogP contribution in [0.15, 0.2) is 53.1 Å². The molecule has 3 aliphatic rings. The van der Waals surface area contributed by atoms with Gasteiger partial charge >= 0.3 is 0 Å². The van der Waals surface area contributed by atoms with Gasteiger partial charge in [-0.1, -0.05) is 17.7 Å². The summed E-state index contributed by atoms with van der Waals surface area (Å²) in [5.41, 5.74) is -3.50. The number of aromatic nitrogens is 1. The minimum Gasteiger partial charge on any atom is -0.386 e. The Bertz CT molecular complexity index is 1570. The Morgan fingerprint density at radius 1 is 1.02 bits per heavy atom. The first kappa shape index (κ1) is 30.6. The molecule has 0 saturated heterocycles. The molecule has 14 heteroatoms. The number of benzene rings is 1. The number of anilines is 1. The fraction of sp³-hybridized carbons (Fsp3) is 0.429. The van der Waals surface area contributed by atoms with E-state index >= 15 is 0 Å². The lowest BCUT2D eigenvalue weighted by Crippen LogP contribution is -2.53. The molecule has 1 heterocycles. The van der Waals surface area contributed by atoms with Crippen LogP contribution in [0, 0.1) is 29.3 Å². The van der Waals surface area contributed by atoms with Crippen molar-refractivity contribution in [1.82, 2.24) is 4.98 Å². The van der Waals surface area contributed by atoms with Gasteiger partial charge in [0.05, 0.1) is 5.25 Å². The van der Waals surface area contributed by atoms with Gasteiger partial charge in [0.15, 0.2) is 21.5 Å². The molecule has 0 aliphatic heterocycles. The van der Waals surface area contributed by atoms with Crippen LogP contribution in [0.4, 0.5) is 27.6 Å². The molecule has 2 bridgehead atoms. The van der Waals surface area contributed by atoms with Gasteiger partial charge in [-0.05, 0) is 74.3 Å². The molecule has 3 aliphatic carbocycles. The first-order valence-electron chi connectivity index (χ1n) is 13.1. The number of carbonyl (C=O) groups excluding carboxylic acids is 1. The Balaban J connectivity index is 1.33. The number of hydrogen-bond donors (Lipinski definition) is 3. The lowest BCUT2D eigenvalue weighted by atomic mass is 9.70. The number of rotatable bonds is 7. The number of amides is 1. The van der Waals surface area contributed by atoms with Gasteiger partial charge in [-0.3, -0.25) is 4.79 Å². The fourth-order valence-corrected chi connectivity index (χ4v) is 9.16. The van der Waals surface area contributed by atoms with Crippen molar-refractivity contribution < 1.29 is 45.4 Å². The summed E-state index contributed by atoms with van der Waals surface area (Å²) < 4.78 is 95.4. The van der Waals surface area contributed by atoms with Crippen LogP contribution in [0.5, 0.6) is 0 Å². The van der Waals surface area contributed by atoms with E-state index in [1.54, 1.807) is 0 Å². The van der Waals surface area contributed by atoms with Crippen LogP contribution in [0.2, 0.25) is 0 Å². The molecular weight excluding hydrogens is 607 g/mol. The standard InChI is InChI=1S/C28H26ClF5N2O5S/c29-18-5-1-13(27(38)35-16-4-6-19(30)21(32)12-16)9-23(18)42(40,41)17-10-14-2-3-15(11-17)28(14,39)25(37)24-20(31)7-8-22(36-24)26(33)34/h1,4-8,12,14-15,17,23,25-26,37,39H,2-3,9-11H2,(H,35,38). The van der Waals surface area contributed by atoms with E-state index in [9.17, 15) is 45.4 Å². The van der Waals surface area contributed by atoms with E-state index in [1.165, 1.54) is 12.2 Å². The van der Waals surface area contributed by atoms with Crippen LogP contribution < -0.4 is 5.32 Å². The van der Waals surface area contributed by atoms with Gasteiger partial charge < -0.3 is 15.5 Å². The molecule has 2 aromatic rings. The average molecular weight is 633 g/mol. The predicted molar refractivity (Wildman–Crippen MR) is 143 cm³/mol. The Hall–Kier alpha value is -2.87. The van der Waals surface area contributed by atoms with E-state index in [1.807, 2.05) is 0 Å². The number of nitrogens with one attached hydrogen (secondary N) is 1. The van der Waals surface area contributed by atoms with Crippen molar-refractivity contribution in [3.05, 3.63) is 81.9 Å². The maximum Gasteiger partial charge on any atom is 0.280 e. The smallest absolute Gasteiger partial charge is 0.280 e. The van der Waals surface area contributed by atoms with Crippen molar-refractivity contribution >= 4 is 33.0 Å². The Morgan fingerprint density at radius 3 is 2.29 bits per heavy atom. The molecule has 1 aromatic heterocycles. The van der Waals surface area contributed by atoms with Crippen LogP contribution >= 0.6 is 11.6 Å². The van der Waals surface area contributed by atoms with E-state index in [-0.39, 0.29) is 35.6 Å². The number of carbonyl (C=O) groups is 1. The zero-order chi connectivity index (χ0) is 30.6. The number of nitrogens with zero attached hydrogens (tertiary/aromatic N) is 1. The number of allylic oxidation sites excluding steroid dienone is 2. The molecule has 7 nitrogen and oxygen atoms in total. The van der Waals surface area contributed by atoms with E-state index < -0.39 is 85.1 Å². The maximum absolute atomic E-state index is 14.5. The number of fused-ring (bicyclic) bond motifs is 2. The molecule has 1 aromatic carbocycles. The number of aliphatic hydroxyl groups is 2. The van der Waals surface area contributed by atoms with Gasteiger partial charge in [0.25, 0.3) is 12.3 Å². The second-order valence-corrected chi connectivity index (χ2v) is 13.7. The molecule has 2 fully saturated rings. The highest BCUT2D eigenvalue weighted by Gasteiger charge is 2.60. The normalized spacial score (nSPS) is 28.3. The quantitative estimate of drug-likeness (QED) is 0.359. The van der Waals surface area contributed by atoms with Crippen LogP contribution in [-0.2, 0) is 14.6 Å². The predicted octanol–water partition coefficient (Wildman–Crippen LogP) is 5.26. The summed E-state index contributed by atoms with van der Waals surface area (Å²) in [7, 11) is -4.09. The minimum atomic E-state index is -4.09. The Kier molecular flexibility index (Phi) is 8.25. The molecular formula is C28H26ClF5N2O5S. The van der Waals surface area contributed by atoms with Crippen molar-refractivity contribution in [2.75, 3.05) is 5.32 Å². The van der Waals surface area contributed by atoms with Crippen LogP contribution in [0.25, 0.3) is 0 Å². The van der Waals surface area contributed by atoms with Crippen molar-refractivity contribution in [1.29, 1.82) is 0 Å². The summed E-state index contributed by atoms with van der Waals surface area (Å²) in [6.45, 7) is 0. The van der Waals surface area contributed by atoms with Gasteiger partial charge in [0.2, 0.25) is 0 Å². The lowest BCUT2D eigenvalue weighted by molar-refractivity contribution is -0.147. The number of alkyl halides is 2. The van der Waals surface area contributed by atoms with Crippen LogP contribution in [0.3, 0.4) is 0 Å². The van der Waals surface area contributed by atoms with Crippen molar-refractivity contribution in [3.8, 4) is 0 Å². The molecule has 226 valence electrons. The highest BCUT2D eigenvalue weighted by molar-refractivity contribution is 7.93. The van der Waals surface area contributed by atoms with Gasteiger partial charge in [-0.25, -0.2) is 35.4 Å². The first-order valence-corrected chi connectivity index (χ1v) is 15.1. The summed E-state index contributed by atoms with van der Waals surface area (Å²) in [4.78, 5) is 16.4. The third-order valence-corrected chi connectivity index (χ3v) is 11.6. The van der Waals surface area contributed by atoms with Gasteiger partial charge in [0.1, 0.15) is 34.2 Å². The second kappa shape index (κ2) is 11.3. The summed E-state index contributed by atoms with van der Waals surface area (Å²) >= 11 is 6.30. The minimum absolute atomic E-state index is 0.0314. The summed E-state index contributed by atoms with van der Waals surface area (Å²) in [5.74, 6) is -5.72. The molecule has 1 amide bonds. The Labute approximate surface area is 243 Å². The Morgan fingerprint density at radius 2 is 1.67 bits per heavy atom. The summed E-state index contributed by atoms with van der Waals surface area (Å²) in [6, 6.07) is 4.28. The zero-order valence-corrected chi connectivity index (χ0v) is 23.4. The largest absolute Gasteiger partial charge is 0.386 e. The number of halogens is 6. The second-order valence-electron chi connectivity index (χ2n) is 10.9. The molecule has 4 unspecified atom stereocenters. The van der Waals surface area contributed by atoms with Gasteiger partial charge in [-0.15, -0.1) is 0 Å². The van der Waals surface area contributed by atoms with Crippen molar-refractivity contribution in [3.63, 3.8) is 0 Å². The van der Waals surface area contributed by atoms with Crippen LogP contribution in [-0.4, -0.2) is 45.6 Å². The van der Waals surface area contributed by atoms with Crippen LogP contribution in [0.1, 0.15) is 56.0 Å². The summed E-state index contributed by atoms with van der Waals surface area (Å²) in [5, 5.41) is 22.6. The third-order valence-electron chi connectivity index (χ3n) is 8.57. The molecule has 0 radical (unpaired) electrons. The fourth-order valence-electron chi connectivity index (χ4n) is 6.37. The molecule has 3 N–H and O–H groups in total. The molecule has 4 atom stereocenters. The zero-order valence-electron chi connectivity index (χ0n) is 21.8. The third kappa shape index (κ3) is 5.36. The molecule has 2 saturated carbocycles. The SMILES string of the molecule is O=C(Nc1ccc(F)c(F)c1)C1=CC=C(Cl)C(S(=O)(=O)C2CC3CCC(C2)C3(O)C(O)c2nc(C(F)F)ccc2F)C1. The first-order chi connectivity index (χ1) is 19.7. The average Bonchev–Trinajstić information content (AvgIpc) is 3.10. The highest BCUT2D eigenvalue weighted by atomic mass is 35.5. The van der Waals surface area contributed by atoms with E-state index in [2.05, 4.69) is 10.3 Å². The van der Waals surface area contributed by atoms with E-state index in [0.29, 0.717) is 12.8 Å². The maximum atomic E-state index is 14.5. The molecule has 0 spiro atoms. The summed E-state index contributed by atoms with van der Waals surface area (Å²) in [6.07, 6.45) is -2.34. The van der Waals surface area contributed by atoms with E-state index in [4.69, 9.17) is 11.6 Å². The topological polar surface area (TPSA) is 117 Å². The van der Waals surface area contributed by atoms with Gasteiger partial charge in [0, 0.05) is 22.4 Å². The number of aliphatic hydroxyl groups excluding tert-OH is 1. The lowest BCUT2D eigenvalue weighted by Gasteiger charge is -2.45. The number of sulfone groups is 1. The number of pyridine rings is 1. The highest BCUT2D eigenvalue weighted by Crippen LogP contribution is 2.56. The molecule has 5 rings (SSSR count). The number of hydrogen-bond acceptors (Lipinski definition) is 6.